The van der Waals surface area contributed by atoms with Gasteiger partial charge >= 0.3 is 0 Å². The van der Waals surface area contributed by atoms with Crippen LogP contribution in [0, 0.1) is 10.8 Å². The Bertz CT molecular complexity index is 397. The summed E-state index contributed by atoms with van der Waals surface area (Å²) in [4.78, 5) is 4.79. The van der Waals surface area contributed by atoms with Crippen molar-refractivity contribution in [2.75, 3.05) is 52.7 Å². The van der Waals surface area contributed by atoms with Gasteiger partial charge in [0, 0.05) is 44.9 Å². The second kappa shape index (κ2) is 11.6. The summed E-state index contributed by atoms with van der Waals surface area (Å²) in [6.45, 7) is 9.96. The second-order valence-electron chi connectivity index (χ2n) is 7.27. The molecule has 2 fully saturated rings. The molecule has 1 aliphatic heterocycles. The van der Waals surface area contributed by atoms with Gasteiger partial charge < -0.3 is 25.2 Å². The lowest BCUT2D eigenvalue weighted by molar-refractivity contribution is 0.128. The molecule has 0 aromatic rings. The van der Waals surface area contributed by atoms with Gasteiger partial charge in [-0.05, 0) is 51.4 Å². The lowest BCUT2D eigenvalue weighted by Gasteiger charge is -2.25. The van der Waals surface area contributed by atoms with Gasteiger partial charge in [0.15, 0.2) is 5.96 Å². The summed E-state index contributed by atoms with van der Waals surface area (Å²) in [5.74, 6) is 0.879. The van der Waals surface area contributed by atoms with Crippen LogP contribution in [0.3, 0.4) is 0 Å². The van der Waals surface area contributed by atoms with Crippen LogP contribution in [0.4, 0.5) is 0 Å². The fourth-order valence-electron chi connectivity index (χ4n) is 3.27. The highest BCUT2D eigenvalue weighted by Crippen LogP contribution is 2.48. The molecule has 0 aromatic carbocycles. The molecule has 148 valence electrons. The van der Waals surface area contributed by atoms with Crippen molar-refractivity contribution in [1.82, 2.24) is 10.6 Å². The number of halogens is 1. The van der Waals surface area contributed by atoms with Crippen LogP contribution in [-0.2, 0) is 9.47 Å². The van der Waals surface area contributed by atoms with Crippen LogP contribution >= 0.6 is 24.0 Å². The van der Waals surface area contributed by atoms with Gasteiger partial charge in [-0.15, -0.1) is 24.0 Å². The maximum atomic E-state index is 9.33. The molecule has 7 heteroatoms. The Hall–Kier alpha value is -0.120. The first-order valence-electron chi connectivity index (χ1n) is 9.46. The van der Waals surface area contributed by atoms with Crippen molar-refractivity contribution in [3.05, 3.63) is 0 Å². The molecule has 1 atom stereocenters. The molecule has 2 rings (SSSR count). The minimum Gasteiger partial charge on any atom is -0.396 e. The van der Waals surface area contributed by atoms with Crippen molar-refractivity contribution in [3.8, 4) is 0 Å². The van der Waals surface area contributed by atoms with E-state index in [1.807, 2.05) is 6.92 Å². The van der Waals surface area contributed by atoms with Crippen LogP contribution in [0.25, 0.3) is 0 Å². The van der Waals surface area contributed by atoms with Gasteiger partial charge in [-0.1, -0.05) is 0 Å². The predicted octanol–water partition coefficient (Wildman–Crippen LogP) is 2.16. The standard InChI is InChI=1S/C18H35N3O3.HI/c1-3-19-16(20-13-17(5-6-17)8-11-23-4-2)21-14-18(7-10-22)9-12-24-15-18;/h22H,3-15H2,1-2H3,(H2,19,20,21);1H. The molecule has 1 saturated heterocycles. The van der Waals surface area contributed by atoms with Crippen molar-refractivity contribution in [1.29, 1.82) is 0 Å². The number of aliphatic imine (C=N–C) groups is 1. The van der Waals surface area contributed by atoms with Crippen LogP contribution in [-0.4, -0.2) is 63.7 Å². The Labute approximate surface area is 169 Å². The van der Waals surface area contributed by atoms with E-state index in [4.69, 9.17) is 14.5 Å². The molecule has 25 heavy (non-hydrogen) atoms. The molecular formula is C18H36IN3O3. The SMILES string of the molecule is CCNC(=NCC1(CCO)CCOC1)NCC1(CCOCC)CC1.I. The van der Waals surface area contributed by atoms with E-state index in [1.165, 1.54) is 12.8 Å². The number of nitrogens with zero attached hydrogens (tertiary/aromatic N) is 1. The number of aliphatic hydroxyl groups excluding tert-OH is 1. The zero-order valence-corrected chi connectivity index (χ0v) is 18.1. The molecule has 0 aromatic heterocycles. The van der Waals surface area contributed by atoms with E-state index in [-0.39, 0.29) is 36.0 Å². The second-order valence-corrected chi connectivity index (χ2v) is 7.27. The molecule has 1 saturated carbocycles. The van der Waals surface area contributed by atoms with Crippen LogP contribution in [0.5, 0.6) is 0 Å². The van der Waals surface area contributed by atoms with Gasteiger partial charge in [0.1, 0.15) is 0 Å². The summed E-state index contributed by atoms with van der Waals surface area (Å²) >= 11 is 0. The number of aliphatic hydroxyl groups is 1. The minimum absolute atomic E-state index is 0. The first kappa shape index (κ1) is 22.9. The zero-order valence-electron chi connectivity index (χ0n) is 15.8. The molecule has 1 aliphatic carbocycles. The number of hydrogen-bond donors (Lipinski definition) is 3. The Morgan fingerprint density at radius 1 is 1.16 bits per heavy atom. The van der Waals surface area contributed by atoms with Crippen LogP contribution in [0.2, 0.25) is 0 Å². The van der Waals surface area contributed by atoms with Crippen molar-refractivity contribution >= 4 is 29.9 Å². The molecule has 0 bridgehead atoms. The Kier molecular flexibility index (Phi) is 10.6. The number of hydrogen-bond acceptors (Lipinski definition) is 4. The lowest BCUT2D eigenvalue weighted by atomic mass is 9.84. The van der Waals surface area contributed by atoms with Gasteiger partial charge in [0.2, 0.25) is 0 Å². The number of nitrogens with one attached hydrogen (secondary N) is 2. The fourth-order valence-corrected chi connectivity index (χ4v) is 3.27. The molecule has 0 spiro atoms. The summed E-state index contributed by atoms with van der Waals surface area (Å²) in [6.07, 6.45) is 5.40. The van der Waals surface area contributed by atoms with Crippen molar-refractivity contribution in [2.24, 2.45) is 15.8 Å². The quantitative estimate of drug-likeness (QED) is 0.187. The van der Waals surface area contributed by atoms with Gasteiger partial charge in [0.25, 0.3) is 0 Å². The van der Waals surface area contributed by atoms with E-state index in [0.717, 1.165) is 58.1 Å². The number of rotatable bonds is 11. The summed E-state index contributed by atoms with van der Waals surface area (Å²) in [7, 11) is 0. The average molecular weight is 469 g/mol. The van der Waals surface area contributed by atoms with Gasteiger partial charge in [0.05, 0.1) is 13.2 Å². The number of guanidine groups is 1. The molecule has 1 unspecified atom stereocenters. The summed E-state index contributed by atoms with van der Waals surface area (Å²) in [5.41, 5.74) is 0.397. The molecule has 1 heterocycles. The van der Waals surface area contributed by atoms with Crippen LogP contribution < -0.4 is 10.6 Å². The lowest BCUT2D eigenvalue weighted by Crippen LogP contribution is -2.41. The Balaban J connectivity index is 0.00000312. The van der Waals surface area contributed by atoms with E-state index in [1.54, 1.807) is 0 Å². The first-order chi connectivity index (χ1) is 11.7. The van der Waals surface area contributed by atoms with E-state index in [2.05, 4.69) is 17.6 Å². The monoisotopic (exact) mass is 469 g/mol. The van der Waals surface area contributed by atoms with Crippen molar-refractivity contribution in [3.63, 3.8) is 0 Å². The fraction of sp³-hybridized carbons (Fsp3) is 0.944. The zero-order chi connectivity index (χ0) is 17.3. The maximum absolute atomic E-state index is 9.33. The summed E-state index contributed by atoms with van der Waals surface area (Å²) < 4.78 is 11.1. The van der Waals surface area contributed by atoms with Gasteiger partial charge in [-0.2, -0.15) is 0 Å². The Morgan fingerprint density at radius 3 is 2.52 bits per heavy atom. The van der Waals surface area contributed by atoms with E-state index in [0.29, 0.717) is 18.6 Å². The van der Waals surface area contributed by atoms with Gasteiger partial charge in [-0.3, -0.25) is 4.99 Å². The van der Waals surface area contributed by atoms with Crippen molar-refractivity contribution in [2.45, 2.75) is 46.0 Å². The smallest absolute Gasteiger partial charge is 0.191 e. The van der Waals surface area contributed by atoms with E-state index in [9.17, 15) is 5.11 Å². The Morgan fingerprint density at radius 2 is 1.96 bits per heavy atom. The maximum Gasteiger partial charge on any atom is 0.191 e. The normalized spacial score (nSPS) is 24.7. The molecule has 6 nitrogen and oxygen atoms in total. The summed E-state index contributed by atoms with van der Waals surface area (Å²) in [6, 6.07) is 0. The molecule has 3 N–H and O–H groups in total. The van der Waals surface area contributed by atoms with E-state index < -0.39 is 0 Å². The predicted molar refractivity (Wildman–Crippen MR) is 112 cm³/mol. The van der Waals surface area contributed by atoms with Gasteiger partial charge in [-0.25, -0.2) is 0 Å². The third-order valence-electron chi connectivity index (χ3n) is 5.31. The topological polar surface area (TPSA) is 75.1 Å². The largest absolute Gasteiger partial charge is 0.396 e. The van der Waals surface area contributed by atoms with Crippen molar-refractivity contribution < 1.29 is 14.6 Å². The highest BCUT2D eigenvalue weighted by atomic mass is 127. The van der Waals surface area contributed by atoms with Crippen LogP contribution in [0.15, 0.2) is 4.99 Å². The first-order valence-corrected chi connectivity index (χ1v) is 9.46. The third-order valence-corrected chi connectivity index (χ3v) is 5.31. The minimum atomic E-state index is 0. The molecule has 0 radical (unpaired) electrons. The highest BCUT2D eigenvalue weighted by Gasteiger charge is 2.42. The molecule has 2 aliphatic rings. The molecule has 0 amide bonds. The highest BCUT2D eigenvalue weighted by molar-refractivity contribution is 14.0. The van der Waals surface area contributed by atoms with Crippen LogP contribution in [0.1, 0.15) is 46.0 Å². The van der Waals surface area contributed by atoms with E-state index >= 15 is 0 Å². The average Bonchev–Trinajstić information content (AvgIpc) is 3.20. The molecular weight excluding hydrogens is 433 g/mol. The third kappa shape index (κ3) is 7.56. The summed E-state index contributed by atoms with van der Waals surface area (Å²) in [5, 5.41) is 16.2. The number of ether oxygens (including phenoxy) is 2.